The molecular weight excluding hydrogens is 320 g/mol. The molecule has 1 aromatic carbocycles. The van der Waals surface area contributed by atoms with Crippen LogP contribution in [-0.2, 0) is 6.54 Å². The van der Waals surface area contributed by atoms with Crippen molar-refractivity contribution in [3.05, 3.63) is 22.2 Å². The molecule has 0 aliphatic carbocycles. The predicted octanol–water partition coefficient (Wildman–Crippen LogP) is 2.49. The molecule has 0 radical (unpaired) electrons. The smallest absolute Gasteiger partial charge is 0.172 e. The minimum absolute atomic E-state index is 0.174. The van der Waals surface area contributed by atoms with Crippen molar-refractivity contribution in [2.45, 2.75) is 37.9 Å². The second-order valence-corrected chi connectivity index (χ2v) is 6.64. The molecule has 2 fully saturated rings. The first kappa shape index (κ1) is 14.2. The maximum absolute atomic E-state index is 9.86. The van der Waals surface area contributed by atoms with E-state index in [2.05, 4.69) is 26.1 Å². The van der Waals surface area contributed by atoms with Gasteiger partial charge in [0.25, 0.3) is 0 Å². The third-order valence-corrected chi connectivity index (χ3v) is 4.93. The number of benzene rings is 1. The molecule has 2 heterocycles. The summed E-state index contributed by atoms with van der Waals surface area (Å²) in [4.78, 5) is 2.50. The molecule has 0 spiro atoms. The molecule has 2 N–H and O–H groups in total. The van der Waals surface area contributed by atoms with Gasteiger partial charge in [-0.2, -0.15) is 0 Å². The van der Waals surface area contributed by atoms with Crippen molar-refractivity contribution < 1.29 is 9.84 Å². The number of hydrogen-bond donors (Lipinski definition) is 2. The number of hydrogen-bond acceptors (Lipinski definition) is 4. The van der Waals surface area contributed by atoms with E-state index in [1.807, 2.05) is 12.1 Å². The zero-order valence-corrected chi connectivity index (χ0v) is 13.3. The van der Waals surface area contributed by atoms with Gasteiger partial charge in [0.05, 0.1) is 11.6 Å². The van der Waals surface area contributed by atoms with Crippen molar-refractivity contribution in [2.75, 3.05) is 20.2 Å². The number of phenolic OH excluding ortho intramolecular Hbond substituents is 1. The molecule has 0 saturated carbocycles. The summed E-state index contributed by atoms with van der Waals surface area (Å²) in [6, 6.07) is 5.27. The van der Waals surface area contributed by atoms with E-state index in [4.69, 9.17) is 4.74 Å². The third-order valence-electron chi connectivity index (χ3n) is 4.32. The number of methoxy groups -OCH3 is 1. The fraction of sp³-hybridized carbons (Fsp3) is 0.600. The van der Waals surface area contributed by atoms with Gasteiger partial charge < -0.3 is 15.2 Å². The van der Waals surface area contributed by atoms with Gasteiger partial charge in [0.1, 0.15) is 0 Å². The average Bonchev–Trinajstić information content (AvgIpc) is 2.76. The van der Waals surface area contributed by atoms with E-state index < -0.39 is 0 Å². The van der Waals surface area contributed by atoms with Gasteiger partial charge in [0.2, 0.25) is 0 Å². The Kier molecular flexibility index (Phi) is 4.19. The van der Waals surface area contributed by atoms with Gasteiger partial charge in [-0.25, -0.2) is 0 Å². The lowest BCUT2D eigenvalue weighted by Gasteiger charge is -2.24. The lowest BCUT2D eigenvalue weighted by Crippen LogP contribution is -2.34. The molecule has 2 unspecified atom stereocenters. The highest BCUT2D eigenvalue weighted by atomic mass is 79.9. The van der Waals surface area contributed by atoms with Crippen LogP contribution in [0.25, 0.3) is 0 Å². The molecule has 5 heteroatoms. The SMILES string of the molecule is COc1cc(CN2CCC3CCC(C2)N3)cc(Br)c1O. The Morgan fingerprint density at radius 1 is 1.35 bits per heavy atom. The molecule has 2 atom stereocenters. The van der Waals surface area contributed by atoms with E-state index in [0.29, 0.717) is 22.3 Å². The van der Waals surface area contributed by atoms with Crippen LogP contribution in [0.3, 0.4) is 0 Å². The Morgan fingerprint density at radius 3 is 2.95 bits per heavy atom. The lowest BCUT2D eigenvalue weighted by atomic mass is 10.1. The highest BCUT2D eigenvalue weighted by Crippen LogP contribution is 2.35. The number of fused-ring (bicyclic) bond motifs is 2. The second-order valence-electron chi connectivity index (χ2n) is 5.79. The molecule has 2 saturated heterocycles. The summed E-state index contributed by atoms with van der Waals surface area (Å²) < 4.78 is 5.91. The van der Waals surface area contributed by atoms with Gasteiger partial charge in [-0.05, 0) is 52.9 Å². The largest absolute Gasteiger partial charge is 0.503 e. The zero-order valence-electron chi connectivity index (χ0n) is 11.7. The molecule has 2 aliphatic rings. The maximum Gasteiger partial charge on any atom is 0.172 e. The van der Waals surface area contributed by atoms with Gasteiger partial charge in [0.15, 0.2) is 11.5 Å². The van der Waals surface area contributed by atoms with Gasteiger partial charge >= 0.3 is 0 Å². The lowest BCUT2D eigenvalue weighted by molar-refractivity contribution is 0.250. The number of nitrogens with zero attached hydrogens (tertiary/aromatic N) is 1. The van der Waals surface area contributed by atoms with E-state index in [1.54, 1.807) is 7.11 Å². The highest BCUT2D eigenvalue weighted by molar-refractivity contribution is 9.10. The van der Waals surface area contributed by atoms with Gasteiger partial charge in [-0.15, -0.1) is 0 Å². The van der Waals surface area contributed by atoms with E-state index in [9.17, 15) is 5.11 Å². The Balaban J connectivity index is 1.72. The van der Waals surface area contributed by atoms with Crippen molar-refractivity contribution in [1.82, 2.24) is 10.2 Å². The number of halogens is 1. The molecule has 110 valence electrons. The van der Waals surface area contributed by atoms with Gasteiger partial charge in [0, 0.05) is 31.7 Å². The van der Waals surface area contributed by atoms with Crippen LogP contribution in [0.2, 0.25) is 0 Å². The van der Waals surface area contributed by atoms with Crippen LogP contribution in [0.5, 0.6) is 11.5 Å². The topological polar surface area (TPSA) is 44.7 Å². The molecule has 3 rings (SSSR count). The van der Waals surface area contributed by atoms with Crippen molar-refractivity contribution in [1.29, 1.82) is 0 Å². The Morgan fingerprint density at radius 2 is 2.15 bits per heavy atom. The minimum Gasteiger partial charge on any atom is -0.503 e. The molecule has 0 aromatic heterocycles. The summed E-state index contributed by atoms with van der Waals surface area (Å²) in [6.45, 7) is 3.15. The average molecular weight is 341 g/mol. The van der Waals surface area contributed by atoms with E-state index in [1.165, 1.54) is 24.8 Å². The van der Waals surface area contributed by atoms with Crippen molar-refractivity contribution in [3.63, 3.8) is 0 Å². The van der Waals surface area contributed by atoms with Crippen LogP contribution in [0.15, 0.2) is 16.6 Å². The molecule has 2 bridgehead atoms. The van der Waals surface area contributed by atoms with Crippen LogP contribution in [0.1, 0.15) is 24.8 Å². The number of ether oxygens (including phenoxy) is 1. The Labute approximate surface area is 128 Å². The first-order chi connectivity index (χ1) is 9.65. The fourth-order valence-electron chi connectivity index (χ4n) is 3.29. The highest BCUT2D eigenvalue weighted by Gasteiger charge is 2.29. The van der Waals surface area contributed by atoms with E-state index in [-0.39, 0.29) is 5.75 Å². The summed E-state index contributed by atoms with van der Waals surface area (Å²) in [5, 5.41) is 13.6. The van der Waals surface area contributed by atoms with Gasteiger partial charge in [-0.1, -0.05) is 0 Å². The molecule has 1 aromatic rings. The Bertz CT molecular complexity index is 495. The first-order valence-electron chi connectivity index (χ1n) is 7.19. The summed E-state index contributed by atoms with van der Waals surface area (Å²) >= 11 is 3.39. The molecule has 20 heavy (non-hydrogen) atoms. The third kappa shape index (κ3) is 2.95. The number of rotatable bonds is 3. The zero-order chi connectivity index (χ0) is 14.1. The van der Waals surface area contributed by atoms with E-state index >= 15 is 0 Å². The summed E-state index contributed by atoms with van der Waals surface area (Å²) in [5.74, 6) is 0.705. The van der Waals surface area contributed by atoms with Crippen LogP contribution in [0, 0.1) is 0 Å². The van der Waals surface area contributed by atoms with E-state index in [0.717, 1.165) is 19.6 Å². The number of likely N-dealkylation sites (tertiary alicyclic amines) is 1. The Hall–Kier alpha value is -0.780. The van der Waals surface area contributed by atoms with Crippen molar-refractivity contribution in [3.8, 4) is 11.5 Å². The standard InChI is InChI=1S/C15H21BrN2O2/c1-20-14-7-10(6-13(16)15(14)19)8-18-5-4-11-2-3-12(9-18)17-11/h6-7,11-12,17,19H,2-5,8-9H2,1H3. The van der Waals surface area contributed by atoms with Crippen LogP contribution < -0.4 is 10.1 Å². The first-order valence-corrected chi connectivity index (χ1v) is 7.99. The second kappa shape index (κ2) is 5.92. The van der Waals surface area contributed by atoms with Crippen LogP contribution in [0.4, 0.5) is 0 Å². The van der Waals surface area contributed by atoms with Crippen molar-refractivity contribution >= 4 is 15.9 Å². The summed E-state index contributed by atoms with van der Waals surface area (Å²) in [5.41, 5.74) is 1.17. The monoisotopic (exact) mass is 340 g/mol. The minimum atomic E-state index is 0.174. The maximum atomic E-state index is 9.86. The molecule has 2 aliphatic heterocycles. The van der Waals surface area contributed by atoms with Crippen molar-refractivity contribution in [2.24, 2.45) is 0 Å². The van der Waals surface area contributed by atoms with Gasteiger partial charge in [-0.3, -0.25) is 4.90 Å². The van der Waals surface area contributed by atoms with Crippen LogP contribution in [-0.4, -0.2) is 42.3 Å². The van der Waals surface area contributed by atoms with Crippen LogP contribution >= 0.6 is 15.9 Å². The fourth-order valence-corrected chi connectivity index (χ4v) is 3.78. The molecule has 4 nitrogen and oxygen atoms in total. The summed E-state index contributed by atoms with van der Waals surface area (Å²) in [6.07, 6.45) is 3.85. The number of phenols is 1. The molecular formula is C15H21BrN2O2. The summed E-state index contributed by atoms with van der Waals surface area (Å²) in [7, 11) is 1.58. The quantitative estimate of drug-likeness (QED) is 0.887. The molecule has 0 amide bonds. The number of aromatic hydroxyl groups is 1. The predicted molar refractivity (Wildman–Crippen MR) is 82.2 cm³/mol. The number of nitrogens with one attached hydrogen (secondary N) is 1. The normalized spacial score (nSPS) is 26.5.